The Labute approximate surface area is 138 Å². The Bertz CT molecular complexity index is 578. The van der Waals surface area contributed by atoms with Gasteiger partial charge in [0.15, 0.2) is 0 Å². The molecule has 0 spiro atoms. The van der Waals surface area contributed by atoms with Gasteiger partial charge in [0.1, 0.15) is 0 Å². The van der Waals surface area contributed by atoms with Gasteiger partial charge < -0.3 is 16.4 Å². The van der Waals surface area contributed by atoms with E-state index in [0.717, 1.165) is 19.3 Å². The van der Waals surface area contributed by atoms with Crippen LogP contribution in [0, 0.1) is 11.8 Å². The van der Waals surface area contributed by atoms with Crippen molar-refractivity contribution in [2.75, 3.05) is 11.9 Å². The normalized spacial score (nSPS) is 21.0. The van der Waals surface area contributed by atoms with E-state index in [4.69, 9.17) is 5.73 Å². The molecule has 1 aromatic rings. The van der Waals surface area contributed by atoms with E-state index in [-0.39, 0.29) is 29.2 Å². The second kappa shape index (κ2) is 7.13. The van der Waals surface area contributed by atoms with Crippen LogP contribution < -0.4 is 16.4 Å². The molecule has 23 heavy (non-hydrogen) atoms. The standard InChI is InChI=1S/C18H27N3O2/c1-18(2,3)21-17(23)14-8-4-5-10-15(14)20-16(22)13-9-6-7-12(13)11-19/h4-5,8,10,12-13H,6-7,9,11,19H2,1-3H3,(H,20,22)(H,21,23)/t12-,13-/m1/s1. The first kappa shape index (κ1) is 17.5. The Morgan fingerprint density at radius 3 is 2.57 bits per heavy atom. The molecule has 0 aliphatic heterocycles. The number of para-hydroxylation sites is 1. The van der Waals surface area contributed by atoms with Crippen molar-refractivity contribution >= 4 is 17.5 Å². The van der Waals surface area contributed by atoms with Crippen LogP contribution in [0.3, 0.4) is 0 Å². The largest absolute Gasteiger partial charge is 0.347 e. The molecular formula is C18H27N3O2. The summed E-state index contributed by atoms with van der Waals surface area (Å²) in [5, 5.41) is 5.86. The maximum Gasteiger partial charge on any atom is 0.253 e. The third-order valence-electron chi connectivity index (χ3n) is 4.22. The third-order valence-corrected chi connectivity index (χ3v) is 4.22. The van der Waals surface area contributed by atoms with Crippen molar-refractivity contribution in [1.29, 1.82) is 0 Å². The molecule has 0 aromatic heterocycles. The first-order chi connectivity index (χ1) is 10.8. The fourth-order valence-corrected chi connectivity index (χ4v) is 3.09. The van der Waals surface area contributed by atoms with Gasteiger partial charge in [-0.05, 0) is 58.2 Å². The van der Waals surface area contributed by atoms with E-state index in [1.807, 2.05) is 26.8 Å². The number of carbonyl (C=O) groups excluding carboxylic acids is 2. The van der Waals surface area contributed by atoms with Crippen LogP contribution in [0.15, 0.2) is 24.3 Å². The summed E-state index contributed by atoms with van der Waals surface area (Å²) in [4.78, 5) is 25.0. The predicted octanol–water partition coefficient (Wildman–Crippen LogP) is 2.53. The van der Waals surface area contributed by atoms with Gasteiger partial charge in [0.2, 0.25) is 5.91 Å². The summed E-state index contributed by atoms with van der Waals surface area (Å²) in [5.74, 6) is -0.0338. The van der Waals surface area contributed by atoms with Crippen LogP contribution in [-0.2, 0) is 4.79 Å². The van der Waals surface area contributed by atoms with Crippen LogP contribution in [0.1, 0.15) is 50.4 Å². The van der Waals surface area contributed by atoms with Crippen molar-refractivity contribution < 1.29 is 9.59 Å². The van der Waals surface area contributed by atoms with Gasteiger partial charge in [-0.15, -0.1) is 0 Å². The van der Waals surface area contributed by atoms with Crippen LogP contribution in [0.5, 0.6) is 0 Å². The highest BCUT2D eigenvalue weighted by molar-refractivity contribution is 6.04. The van der Waals surface area contributed by atoms with E-state index in [0.29, 0.717) is 17.8 Å². The number of amides is 2. The lowest BCUT2D eigenvalue weighted by molar-refractivity contribution is -0.120. The van der Waals surface area contributed by atoms with E-state index < -0.39 is 0 Å². The molecule has 0 saturated heterocycles. The zero-order valence-electron chi connectivity index (χ0n) is 14.2. The number of benzene rings is 1. The molecule has 2 rings (SSSR count). The molecule has 4 N–H and O–H groups in total. The van der Waals surface area contributed by atoms with Crippen LogP contribution in [0.4, 0.5) is 5.69 Å². The molecule has 1 aromatic carbocycles. The van der Waals surface area contributed by atoms with Gasteiger partial charge >= 0.3 is 0 Å². The van der Waals surface area contributed by atoms with E-state index in [1.165, 1.54) is 0 Å². The molecule has 0 radical (unpaired) electrons. The van der Waals surface area contributed by atoms with Crippen molar-refractivity contribution in [3.63, 3.8) is 0 Å². The lowest BCUT2D eigenvalue weighted by Crippen LogP contribution is -2.41. The van der Waals surface area contributed by atoms with Gasteiger partial charge in [0.05, 0.1) is 11.3 Å². The number of nitrogens with two attached hydrogens (primary N) is 1. The van der Waals surface area contributed by atoms with Gasteiger partial charge in [0.25, 0.3) is 5.91 Å². The Kier molecular flexibility index (Phi) is 5.42. The number of hydrogen-bond acceptors (Lipinski definition) is 3. The number of anilines is 1. The van der Waals surface area contributed by atoms with Crippen molar-refractivity contribution in [3.05, 3.63) is 29.8 Å². The first-order valence-electron chi connectivity index (χ1n) is 8.24. The molecule has 5 heteroatoms. The van der Waals surface area contributed by atoms with Gasteiger partial charge in [-0.2, -0.15) is 0 Å². The monoisotopic (exact) mass is 317 g/mol. The van der Waals surface area contributed by atoms with Crippen molar-refractivity contribution in [1.82, 2.24) is 5.32 Å². The maximum absolute atomic E-state index is 12.5. The number of carbonyl (C=O) groups is 2. The fraction of sp³-hybridized carbons (Fsp3) is 0.556. The van der Waals surface area contributed by atoms with Gasteiger partial charge in [0, 0.05) is 11.5 Å². The molecule has 0 heterocycles. The molecular weight excluding hydrogens is 290 g/mol. The lowest BCUT2D eigenvalue weighted by atomic mass is 9.95. The minimum atomic E-state index is -0.329. The molecule has 2 amide bonds. The topological polar surface area (TPSA) is 84.2 Å². The van der Waals surface area contributed by atoms with E-state index >= 15 is 0 Å². The molecule has 1 saturated carbocycles. The zero-order chi connectivity index (χ0) is 17.0. The molecule has 1 aliphatic carbocycles. The third kappa shape index (κ3) is 4.55. The second-order valence-corrected chi connectivity index (χ2v) is 7.27. The Morgan fingerprint density at radius 1 is 1.22 bits per heavy atom. The van der Waals surface area contributed by atoms with Crippen LogP contribution in [0.25, 0.3) is 0 Å². The van der Waals surface area contributed by atoms with Crippen molar-refractivity contribution in [2.45, 2.75) is 45.6 Å². The minimum absolute atomic E-state index is 0.0334. The smallest absolute Gasteiger partial charge is 0.253 e. The summed E-state index contributed by atoms with van der Waals surface area (Å²) in [6, 6.07) is 7.11. The van der Waals surface area contributed by atoms with Crippen molar-refractivity contribution in [3.8, 4) is 0 Å². The first-order valence-corrected chi connectivity index (χ1v) is 8.24. The average molecular weight is 317 g/mol. The number of hydrogen-bond donors (Lipinski definition) is 3. The highest BCUT2D eigenvalue weighted by Crippen LogP contribution is 2.32. The Morgan fingerprint density at radius 2 is 1.91 bits per heavy atom. The minimum Gasteiger partial charge on any atom is -0.347 e. The molecule has 5 nitrogen and oxygen atoms in total. The summed E-state index contributed by atoms with van der Waals surface area (Å²) in [5.41, 5.74) is 6.47. The summed E-state index contributed by atoms with van der Waals surface area (Å²) in [6.07, 6.45) is 2.90. The predicted molar refractivity (Wildman–Crippen MR) is 92.2 cm³/mol. The van der Waals surface area contributed by atoms with Crippen LogP contribution >= 0.6 is 0 Å². The lowest BCUT2D eigenvalue weighted by Gasteiger charge is -2.22. The Hall–Kier alpha value is -1.88. The molecule has 126 valence electrons. The maximum atomic E-state index is 12.5. The summed E-state index contributed by atoms with van der Waals surface area (Å²) in [7, 11) is 0. The number of nitrogens with one attached hydrogen (secondary N) is 2. The van der Waals surface area contributed by atoms with Gasteiger partial charge in [-0.3, -0.25) is 9.59 Å². The van der Waals surface area contributed by atoms with Crippen LogP contribution in [-0.4, -0.2) is 23.9 Å². The second-order valence-electron chi connectivity index (χ2n) is 7.27. The Balaban J connectivity index is 2.14. The average Bonchev–Trinajstić information content (AvgIpc) is 2.94. The van der Waals surface area contributed by atoms with E-state index in [9.17, 15) is 9.59 Å². The summed E-state index contributed by atoms with van der Waals surface area (Å²) in [6.45, 7) is 6.31. The van der Waals surface area contributed by atoms with Crippen LogP contribution in [0.2, 0.25) is 0 Å². The zero-order valence-corrected chi connectivity index (χ0v) is 14.2. The molecule has 1 fully saturated rings. The quantitative estimate of drug-likeness (QED) is 0.798. The summed E-state index contributed by atoms with van der Waals surface area (Å²) < 4.78 is 0. The fourth-order valence-electron chi connectivity index (χ4n) is 3.09. The van der Waals surface area contributed by atoms with E-state index in [2.05, 4.69) is 10.6 Å². The molecule has 0 unspecified atom stereocenters. The van der Waals surface area contributed by atoms with Gasteiger partial charge in [-0.1, -0.05) is 18.6 Å². The van der Waals surface area contributed by atoms with Gasteiger partial charge in [-0.25, -0.2) is 0 Å². The highest BCUT2D eigenvalue weighted by atomic mass is 16.2. The molecule has 1 aliphatic rings. The van der Waals surface area contributed by atoms with E-state index in [1.54, 1.807) is 18.2 Å². The summed E-state index contributed by atoms with van der Waals surface area (Å²) >= 11 is 0. The van der Waals surface area contributed by atoms with Crippen molar-refractivity contribution in [2.24, 2.45) is 17.6 Å². The molecule has 2 atom stereocenters. The SMILES string of the molecule is CC(C)(C)NC(=O)c1ccccc1NC(=O)[C@@H]1CCC[C@@H]1CN. The number of rotatable bonds is 4. The highest BCUT2D eigenvalue weighted by Gasteiger charge is 2.32. The molecule has 0 bridgehead atoms.